The maximum Gasteiger partial charge on any atom is 0.186 e. The van der Waals surface area contributed by atoms with Gasteiger partial charge in [0.2, 0.25) is 0 Å². The van der Waals surface area contributed by atoms with Crippen molar-refractivity contribution < 1.29 is 9.84 Å². The van der Waals surface area contributed by atoms with E-state index < -0.39 is 0 Å². The summed E-state index contributed by atoms with van der Waals surface area (Å²) in [5.74, 6) is 2.10. The summed E-state index contributed by atoms with van der Waals surface area (Å²) in [7, 11) is 3.61. The summed E-state index contributed by atoms with van der Waals surface area (Å²) >= 11 is 1.41. The van der Waals surface area contributed by atoms with Gasteiger partial charge in [-0.1, -0.05) is 0 Å². The van der Waals surface area contributed by atoms with E-state index in [-0.39, 0.29) is 6.61 Å². The Kier molecular flexibility index (Phi) is 7.78. The minimum absolute atomic E-state index is 0.138. The number of hydrogen-bond acceptors (Lipinski definition) is 10. The van der Waals surface area contributed by atoms with Crippen molar-refractivity contribution in [3.63, 3.8) is 0 Å². The quantitative estimate of drug-likeness (QED) is 0.238. The fraction of sp³-hybridized carbons (Fsp3) is 0.304. The highest BCUT2D eigenvalue weighted by Gasteiger charge is 2.14. The lowest BCUT2D eigenvalue weighted by Crippen LogP contribution is -2.28. The van der Waals surface area contributed by atoms with E-state index in [0.29, 0.717) is 24.6 Å². The second-order valence-corrected chi connectivity index (χ2v) is 8.54. The number of anilines is 2. The molecule has 3 aromatic heterocycles. The molecule has 10 nitrogen and oxygen atoms in total. The molecule has 0 fully saturated rings. The lowest BCUT2D eigenvalue weighted by atomic mass is 10.2. The molecule has 1 aromatic carbocycles. The maximum absolute atomic E-state index is 9.09. The molecule has 0 atom stereocenters. The summed E-state index contributed by atoms with van der Waals surface area (Å²) in [5, 5.41) is 21.5. The molecule has 0 aliphatic rings. The maximum atomic E-state index is 9.09. The molecular formula is C23H28N8O2S. The standard InChI is InChI=1S/C23H28N8O2S/c1-15-20-22(25-10-11-31(2)12-13-32)26-21(27-23(20)29-28-15)16-4-6-17(7-5-16)30-34-19-14-18(33-3)8-9-24-19/h4-9,14,30,32H,10-13H2,1-3H3,(H2,25,26,27,28,29). The number of methoxy groups -OCH3 is 1. The summed E-state index contributed by atoms with van der Waals surface area (Å²) in [6, 6.07) is 11.6. The van der Waals surface area contributed by atoms with Gasteiger partial charge in [-0.2, -0.15) is 5.10 Å². The zero-order valence-corrected chi connectivity index (χ0v) is 20.2. The minimum Gasteiger partial charge on any atom is -0.497 e. The summed E-state index contributed by atoms with van der Waals surface area (Å²) in [6.45, 7) is 4.18. The first kappa shape index (κ1) is 23.7. The van der Waals surface area contributed by atoms with Crippen molar-refractivity contribution in [1.82, 2.24) is 30.0 Å². The number of nitrogens with one attached hydrogen (secondary N) is 3. The number of benzene rings is 1. The number of hydrogen-bond donors (Lipinski definition) is 4. The monoisotopic (exact) mass is 480 g/mol. The molecule has 3 heterocycles. The van der Waals surface area contributed by atoms with Crippen LogP contribution in [-0.4, -0.2) is 75.6 Å². The highest BCUT2D eigenvalue weighted by atomic mass is 32.2. The molecule has 4 aromatic rings. The van der Waals surface area contributed by atoms with Crippen LogP contribution in [0.4, 0.5) is 11.5 Å². The van der Waals surface area contributed by atoms with Gasteiger partial charge in [-0.25, -0.2) is 15.0 Å². The van der Waals surface area contributed by atoms with Crippen LogP contribution in [0.25, 0.3) is 22.4 Å². The first-order valence-electron chi connectivity index (χ1n) is 10.9. The normalized spacial score (nSPS) is 11.2. The molecule has 34 heavy (non-hydrogen) atoms. The van der Waals surface area contributed by atoms with E-state index in [0.717, 1.165) is 45.5 Å². The summed E-state index contributed by atoms with van der Waals surface area (Å²) in [5.41, 5.74) is 3.35. The van der Waals surface area contributed by atoms with E-state index in [9.17, 15) is 0 Å². The minimum atomic E-state index is 0.138. The van der Waals surface area contributed by atoms with Crippen LogP contribution >= 0.6 is 11.9 Å². The largest absolute Gasteiger partial charge is 0.497 e. The van der Waals surface area contributed by atoms with E-state index in [1.807, 2.05) is 50.4 Å². The number of fused-ring (bicyclic) bond motifs is 1. The number of pyridine rings is 1. The van der Waals surface area contributed by atoms with Crippen molar-refractivity contribution >= 4 is 34.5 Å². The van der Waals surface area contributed by atoms with Gasteiger partial charge in [-0.05, 0) is 44.3 Å². The first-order chi connectivity index (χ1) is 16.6. The molecule has 0 aliphatic carbocycles. The van der Waals surface area contributed by atoms with Gasteiger partial charge in [0.15, 0.2) is 11.5 Å². The molecule has 0 bridgehead atoms. The number of aryl methyl sites for hydroxylation is 1. The predicted octanol–water partition coefficient (Wildman–Crippen LogP) is 3.19. The molecule has 0 radical (unpaired) electrons. The third kappa shape index (κ3) is 5.74. The lowest BCUT2D eigenvalue weighted by molar-refractivity contribution is 0.225. The highest BCUT2D eigenvalue weighted by Crippen LogP contribution is 2.28. The van der Waals surface area contributed by atoms with Gasteiger partial charge >= 0.3 is 0 Å². The number of likely N-dealkylation sites (N-methyl/N-ethyl adjacent to an activating group) is 1. The molecule has 4 rings (SSSR count). The Morgan fingerprint density at radius 3 is 2.74 bits per heavy atom. The van der Waals surface area contributed by atoms with Gasteiger partial charge in [0.05, 0.1) is 19.1 Å². The zero-order valence-electron chi connectivity index (χ0n) is 19.4. The molecule has 0 saturated carbocycles. The van der Waals surface area contributed by atoms with Crippen LogP contribution < -0.4 is 14.8 Å². The molecular weight excluding hydrogens is 452 g/mol. The molecule has 0 spiro atoms. The number of H-pyrrole nitrogens is 1. The van der Waals surface area contributed by atoms with Crippen molar-refractivity contribution in [1.29, 1.82) is 0 Å². The van der Waals surface area contributed by atoms with E-state index >= 15 is 0 Å². The zero-order chi connectivity index (χ0) is 23.9. The Hall–Kier alpha value is -3.41. The number of aromatic amines is 1. The Labute approximate surface area is 202 Å². The van der Waals surface area contributed by atoms with Crippen molar-refractivity contribution in [3.05, 3.63) is 48.3 Å². The molecule has 178 valence electrons. The average molecular weight is 481 g/mol. The Morgan fingerprint density at radius 2 is 1.97 bits per heavy atom. The molecule has 0 amide bonds. The molecule has 0 saturated heterocycles. The number of aromatic nitrogens is 5. The van der Waals surface area contributed by atoms with Crippen LogP contribution in [0, 0.1) is 6.92 Å². The van der Waals surface area contributed by atoms with Gasteiger partial charge < -0.3 is 24.8 Å². The van der Waals surface area contributed by atoms with Crippen LogP contribution in [0.5, 0.6) is 5.75 Å². The smallest absolute Gasteiger partial charge is 0.186 e. The van der Waals surface area contributed by atoms with Crippen LogP contribution in [0.15, 0.2) is 47.6 Å². The summed E-state index contributed by atoms with van der Waals surface area (Å²) in [6.07, 6.45) is 1.71. The van der Waals surface area contributed by atoms with Gasteiger partial charge in [-0.15, -0.1) is 0 Å². The van der Waals surface area contributed by atoms with Crippen molar-refractivity contribution in [3.8, 4) is 17.1 Å². The van der Waals surface area contributed by atoms with Crippen LogP contribution in [0.1, 0.15) is 5.69 Å². The third-order valence-electron chi connectivity index (χ3n) is 5.22. The third-order valence-corrected chi connectivity index (χ3v) is 5.99. The molecule has 0 aliphatic heterocycles. The lowest BCUT2D eigenvalue weighted by Gasteiger charge is -2.16. The Balaban J connectivity index is 1.49. The molecule has 11 heteroatoms. The summed E-state index contributed by atoms with van der Waals surface area (Å²) < 4.78 is 8.53. The van der Waals surface area contributed by atoms with E-state index in [1.165, 1.54) is 11.9 Å². The second-order valence-electron chi connectivity index (χ2n) is 7.71. The Bertz CT molecular complexity index is 1230. The highest BCUT2D eigenvalue weighted by molar-refractivity contribution is 8.00. The number of rotatable bonds is 11. The average Bonchev–Trinajstić information content (AvgIpc) is 3.24. The van der Waals surface area contributed by atoms with Crippen molar-refractivity contribution in [2.75, 3.05) is 50.4 Å². The van der Waals surface area contributed by atoms with Gasteiger partial charge in [0.25, 0.3) is 0 Å². The topological polar surface area (TPSA) is 124 Å². The number of nitrogens with zero attached hydrogens (tertiary/aromatic N) is 5. The fourth-order valence-electron chi connectivity index (χ4n) is 3.35. The van der Waals surface area contributed by atoms with Gasteiger partial charge in [-0.3, -0.25) is 5.10 Å². The van der Waals surface area contributed by atoms with Crippen LogP contribution in [-0.2, 0) is 0 Å². The van der Waals surface area contributed by atoms with Crippen molar-refractivity contribution in [2.45, 2.75) is 11.9 Å². The van der Waals surface area contributed by atoms with Crippen LogP contribution in [0.2, 0.25) is 0 Å². The van der Waals surface area contributed by atoms with Gasteiger partial charge in [0, 0.05) is 60.8 Å². The van der Waals surface area contributed by atoms with Crippen LogP contribution in [0.3, 0.4) is 0 Å². The number of aliphatic hydroxyl groups is 1. The van der Waals surface area contributed by atoms with E-state index in [1.54, 1.807) is 13.3 Å². The van der Waals surface area contributed by atoms with E-state index in [2.05, 4.69) is 35.1 Å². The predicted molar refractivity (Wildman–Crippen MR) is 135 cm³/mol. The van der Waals surface area contributed by atoms with Crippen molar-refractivity contribution in [2.24, 2.45) is 0 Å². The molecule has 0 unspecified atom stereocenters. The number of aliphatic hydroxyl groups excluding tert-OH is 1. The molecule has 4 N–H and O–H groups in total. The SMILES string of the molecule is COc1ccnc(SNc2ccc(-c3nc(NCCN(C)CCO)c4c(C)[nH]nc4n3)cc2)c1. The van der Waals surface area contributed by atoms with E-state index in [4.69, 9.17) is 14.8 Å². The summed E-state index contributed by atoms with van der Waals surface area (Å²) in [4.78, 5) is 15.8. The Morgan fingerprint density at radius 1 is 1.15 bits per heavy atom. The number of ether oxygens (including phenoxy) is 1. The first-order valence-corrected chi connectivity index (χ1v) is 11.7. The fourth-order valence-corrected chi connectivity index (χ4v) is 3.99. The second kappa shape index (κ2) is 11.1. The van der Waals surface area contributed by atoms with Gasteiger partial charge in [0.1, 0.15) is 16.6 Å².